The largest absolute Gasteiger partial charge is 0.593 e. The predicted molar refractivity (Wildman–Crippen MR) is 109 cm³/mol. The fourth-order valence-electron chi connectivity index (χ4n) is 2.50. The Balaban J connectivity index is 1.98. The first kappa shape index (κ1) is 19.7. The van der Waals surface area contributed by atoms with Crippen molar-refractivity contribution < 1.29 is 8.97 Å². The van der Waals surface area contributed by atoms with Gasteiger partial charge in [0.25, 0.3) is 11.8 Å². The minimum Gasteiger partial charge on any atom is -0.593 e. The van der Waals surface area contributed by atoms with Crippen LogP contribution >= 0.6 is 22.9 Å². The van der Waals surface area contributed by atoms with Crippen LogP contribution in [0.3, 0.4) is 0 Å². The number of rotatable bonds is 4. The maximum atomic E-state index is 12.3. The molecular weight excluding hydrogens is 410 g/mol. The molecule has 0 fully saturated rings. The van der Waals surface area contributed by atoms with Crippen LogP contribution in [0.1, 0.15) is 17.7 Å². The topological polar surface area (TPSA) is 142 Å². The first-order valence-corrected chi connectivity index (χ1v) is 10.2. The van der Waals surface area contributed by atoms with Crippen LogP contribution in [-0.4, -0.2) is 51.1 Å². The monoisotopic (exact) mass is 427 g/mol. The molecule has 0 saturated heterocycles. The zero-order valence-corrected chi connectivity index (χ0v) is 17.2. The molecule has 0 aliphatic carbocycles. The summed E-state index contributed by atoms with van der Waals surface area (Å²) in [5.74, 6) is 1.01. The Labute approximate surface area is 168 Å². The van der Waals surface area contributed by atoms with E-state index in [0.29, 0.717) is 21.4 Å². The van der Waals surface area contributed by atoms with Crippen molar-refractivity contribution in [1.29, 1.82) is 0 Å². The van der Waals surface area contributed by atoms with Gasteiger partial charge in [0.2, 0.25) is 5.96 Å². The van der Waals surface area contributed by atoms with E-state index in [-0.39, 0.29) is 17.6 Å². The van der Waals surface area contributed by atoms with Gasteiger partial charge in [-0.1, -0.05) is 11.6 Å². The fourth-order valence-corrected chi connectivity index (χ4v) is 5.28. The predicted octanol–water partition coefficient (Wildman–Crippen LogP) is 1.59. The van der Waals surface area contributed by atoms with Crippen molar-refractivity contribution in [2.45, 2.75) is 12.5 Å². The minimum atomic E-state index is -1.30. The summed E-state index contributed by atoms with van der Waals surface area (Å²) in [4.78, 5) is 9.79. The molecule has 2 aromatic heterocycles. The van der Waals surface area contributed by atoms with Gasteiger partial charge >= 0.3 is 0 Å². The van der Waals surface area contributed by atoms with Crippen molar-refractivity contribution in [2.75, 3.05) is 19.8 Å². The van der Waals surface area contributed by atoms with Gasteiger partial charge in [-0.05, 0) is 13.0 Å². The number of aromatic nitrogens is 2. The third kappa shape index (κ3) is 3.68. The van der Waals surface area contributed by atoms with Crippen LogP contribution in [0.2, 0.25) is 5.02 Å². The van der Waals surface area contributed by atoms with Crippen molar-refractivity contribution >= 4 is 52.0 Å². The van der Waals surface area contributed by atoms with Crippen LogP contribution in [0.4, 0.5) is 0 Å². The first-order valence-electron chi connectivity index (χ1n) is 7.74. The summed E-state index contributed by atoms with van der Waals surface area (Å²) in [6.45, 7) is 1.85. The van der Waals surface area contributed by atoms with Gasteiger partial charge in [-0.15, -0.1) is 21.5 Å². The van der Waals surface area contributed by atoms with E-state index in [1.165, 1.54) is 28.1 Å². The fraction of sp³-hybridized carbons (Fsp3) is 0.333. The molecule has 0 bridgehead atoms. The van der Waals surface area contributed by atoms with E-state index >= 15 is 0 Å². The van der Waals surface area contributed by atoms with E-state index < -0.39 is 16.9 Å². The molecule has 1 unspecified atom stereocenters. The Morgan fingerprint density at radius 3 is 2.93 bits per heavy atom. The van der Waals surface area contributed by atoms with Gasteiger partial charge in [0.15, 0.2) is 5.75 Å². The van der Waals surface area contributed by atoms with Crippen LogP contribution in [0.25, 0.3) is 16.3 Å². The highest BCUT2D eigenvalue weighted by Crippen LogP contribution is 2.43. The van der Waals surface area contributed by atoms with E-state index in [2.05, 4.69) is 20.2 Å². The van der Waals surface area contributed by atoms with E-state index in [4.69, 9.17) is 27.5 Å². The average molecular weight is 428 g/mol. The number of guanidine groups is 1. The average Bonchev–Trinajstić information content (AvgIpc) is 3.24. The molecular formula is C15H18ClN7O2S2. The lowest BCUT2D eigenvalue weighted by Gasteiger charge is -2.34. The number of aliphatic imine (C=N–C) groups is 2. The van der Waals surface area contributed by atoms with Crippen molar-refractivity contribution in [3.8, 4) is 10.8 Å². The quantitative estimate of drug-likeness (QED) is 0.557. The van der Waals surface area contributed by atoms with Gasteiger partial charge < -0.3 is 20.4 Å². The van der Waals surface area contributed by atoms with Gasteiger partial charge in [-0.3, -0.25) is 4.99 Å². The van der Waals surface area contributed by atoms with E-state index in [1.807, 2.05) is 6.92 Å². The van der Waals surface area contributed by atoms with Gasteiger partial charge in [0.05, 0.1) is 38.8 Å². The maximum Gasteiger partial charge on any atom is 0.258 e. The van der Waals surface area contributed by atoms with E-state index in [9.17, 15) is 4.55 Å². The van der Waals surface area contributed by atoms with Crippen LogP contribution in [0.15, 0.2) is 26.7 Å². The zero-order chi connectivity index (χ0) is 19.8. The third-order valence-electron chi connectivity index (χ3n) is 3.90. The Hall–Kier alpha value is -2.08. The second kappa shape index (κ2) is 7.50. The first-order chi connectivity index (χ1) is 12.8. The van der Waals surface area contributed by atoms with Crippen molar-refractivity contribution in [1.82, 2.24) is 14.5 Å². The lowest BCUT2D eigenvalue weighted by atomic mass is 10.0. The molecule has 144 valence electrons. The zero-order valence-electron chi connectivity index (χ0n) is 14.8. The van der Waals surface area contributed by atoms with Gasteiger partial charge in [0.1, 0.15) is 5.54 Å². The van der Waals surface area contributed by atoms with Crippen LogP contribution in [-0.2, 0) is 16.9 Å². The maximum absolute atomic E-state index is 12.3. The molecule has 3 rings (SSSR count). The standard InChI is InChI=1S/C15H18ClN7O2S2/c1-15(7-27(24)23(3)14(18)20-15)11-9(16)4-10(26-11)13-22-21-12(25-13)8(5-17)6-19-2/h4-6H,7,17H2,1-3H3,(H2,18,20)/t15-,27?/m0/s1. The molecule has 0 spiro atoms. The van der Waals surface area contributed by atoms with Gasteiger partial charge in [-0.25, -0.2) is 4.99 Å². The second-order valence-corrected chi connectivity index (χ2v) is 8.86. The molecule has 0 radical (unpaired) electrons. The molecule has 0 saturated carbocycles. The summed E-state index contributed by atoms with van der Waals surface area (Å²) in [6, 6.07) is 1.72. The molecule has 2 aromatic rings. The van der Waals surface area contributed by atoms with Gasteiger partial charge in [0, 0.05) is 19.5 Å². The van der Waals surface area contributed by atoms with E-state index in [1.54, 1.807) is 20.2 Å². The Morgan fingerprint density at radius 2 is 2.30 bits per heavy atom. The SMILES string of the molecule is CN=CC(=CN)c1nnc(-c2cc(Cl)c([C@]3(C)C[S+]([O-])N(C)C(N)=N3)s2)o1. The number of nitrogens with zero attached hydrogens (tertiary/aromatic N) is 5. The van der Waals surface area contributed by atoms with Crippen molar-refractivity contribution in [3.05, 3.63) is 28.1 Å². The summed E-state index contributed by atoms with van der Waals surface area (Å²) in [5.41, 5.74) is 11.2. The number of halogens is 1. The molecule has 0 aromatic carbocycles. The summed E-state index contributed by atoms with van der Waals surface area (Å²) >= 11 is 6.49. The third-order valence-corrected chi connectivity index (χ3v) is 7.29. The smallest absolute Gasteiger partial charge is 0.258 e. The minimum absolute atomic E-state index is 0.199. The summed E-state index contributed by atoms with van der Waals surface area (Å²) in [6.07, 6.45) is 2.86. The van der Waals surface area contributed by atoms with Crippen LogP contribution < -0.4 is 11.5 Å². The lowest BCUT2D eigenvalue weighted by Crippen LogP contribution is -2.50. The molecule has 2 atom stereocenters. The number of allylic oxidation sites excluding steroid dienone is 1. The van der Waals surface area contributed by atoms with E-state index in [0.717, 1.165) is 4.88 Å². The normalized spacial score (nSPS) is 23.9. The Morgan fingerprint density at radius 1 is 1.56 bits per heavy atom. The van der Waals surface area contributed by atoms with Crippen LogP contribution in [0, 0.1) is 0 Å². The molecule has 12 heteroatoms. The number of thiophene rings is 1. The summed E-state index contributed by atoms with van der Waals surface area (Å²) in [7, 11) is 3.25. The Kier molecular flexibility index (Phi) is 5.47. The molecule has 4 N–H and O–H groups in total. The molecule has 9 nitrogen and oxygen atoms in total. The molecule has 1 aliphatic heterocycles. The highest BCUT2D eigenvalue weighted by Gasteiger charge is 2.42. The summed E-state index contributed by atoms with van der Waals surface area (Å²) < 4.78 is 19.4. The molecule has 27 heavy (non-hydrogen) atoms. The Bertz CT molecular complexity index is 938. The highest BCUT2D eigenvalue weighted by atomic mass is 35.5. The lowest BCUT2D eigenvalue weighted by molar-refractivity contribution is 0.481. The number of hydrogen-bond donors (Lipinski definition) is 2. The highest BCUT2D eigenvalue weighted by molar-refractivity contribution is 7.89. The number of nitrogens with two attached hydrogens (primary N) is 2. The summed E-state index contributed by atoms with van der Waals surface area (Å²) in [5, 5.41) is 8.51. The molecule has 3 heterocycles. The van der Waals surface area contributed by atoms with Crippen LogP contribution in [0.5, 0.6) is 0 Å². The van der Waals surface area contributed by atoms with Crippen molar-refractivity contribution in [3.63, 3.8) is 0 Å². The molecule has 1 aliphatic rings. The van der Waals surface area contributed by atoms with Gasteiger partial charge in [-0.2, -0.15) is 4.31 Å². The number of hydrogen-bond acceptors (Lipinski definition) is 10. The molecule has 0 amide bonds. The second-order valence-electron chi connectivity index (χ2n) is 5.92. The van der Waals surface area contributed by atoms with Crippen molar-refractivity contribution in [2.24, 2.45) is 21.5 Å².